The maximum atomic E-state index is 12.4. The molecule has 0 saturated carbocycles. The number of nitrogens with zero attached hydrogens (tertiary/aromatic N) is 2. The van der Waals surface area contributed by atoms with Crippen molar-refractivity contribution in [3.8, 4) is 11.4 Å². The lowest BCUT2D eigenvalue weighted by atomic mass is 10.0. The largest absolute Gasteiger partial charge is 0.369 e. The fourth-order valence-corrected chi connectivity index (χ4v) is 3.52. The van der Waals surface area contributed by atoms with Crippen LogP contribution in [0.2, 0.25) is 0 Å². The molecule has 3 aromatic rings. The van der Waals surface area contributed by atoms with Crippen molar-refractivity contribution in [3.05, 3.63) is 60.0 Å². The lowest BCUT2D eigenvalue weighted by Crippen LogP contribution is -2.15. The number of para-hydroxylation sites is 1. The summed E-state index contributed by atoms with van der Waals surface area (Å²) in [7, 11) is 0. The van der Waals surface area contributed by atoms with Gasteiger partial charge in [-0.25, -0.2) is 0 Å². The van der Waals surface area contributed by atoms with Crippen LogP contribution in [0.4, 0.5) is 5.69 Å². The predicted octanol–water partition coefficient (Wildman–Crippen LogP) is 4.01. The lowest BCUT2D eigenvalue weighted by molar-refractivity contribution is -0.116. The second kappa shape index (κ2) is 10.1. The van der Waals surface area contributed by atoms with Crippen molar-refractivity contribution in [2.45, 2.75) is 37.5 Å². The number of hydrogen-bond acceptors (Lipinski definition) is 6. The van der Waals surface area contributed by atoms with Crippen molar-refractivity contribution in [1.82, 2.24) is 10.1 Å². The van der Waals surface area contributed by atoms with Gasteiger partial charge in [-0.2, -0.15) is 4.98 Å². The second-order valence-corrected chi connectivity index (χ2v) is 8.10. The van der Waals surface area contributed by atoms with Gasteiger partial charge in [0.05, 0.1) is 11.4 Å². The molecule has 0 fully saturated rings. The minimum Gasteiger partial charge on any atom is -0.369 e. The molecule has 1 aromatic heterocycles. The van der Waals surface area contributed by atoms with Crippen LogP contribution in [-0.2, 0) is 16.0 Å². The summed E-state index contributed by atoms with van der Waals surface area (Å²) in [5.74, 6) is 0.932. The first kappa shape index (κ1) is 21.6. The Morgan fingerprint density at radius 1 is 1.13 bits per heavy atom. The number of nitrogens with one attached hydrogen (secondary N) is 1. The molecule has 30 heavy (non-hydrogen) atoms. The zero-order valence-corrected chi connectivity index (χ0v) is 17.7. The zero-order valence-electron chi connectivity index (χ0n) is 16.9. The molecule has 2 aromatic carbocycles. The zero-order chi connectivity index (χ0) is 21.5. The van der Waals surface area contributed by atoms with Crippen molar-refractivity contribution in [3.63, 3.8) is 0 Å². The minimum atomic E-state index is -0.410. The molecule has 0 unspecified atom stereocenters. The molecule has 0 bridgehead atoms. The molecule has 0 aliphatic rings. The third-order valence-electron chi connectivity index (χ3n) is 4.40. The van der Waals surface area contributed by atoms with Gasteiger partial charge in [-0.3, -0.25) is 9.59 Å². The maximum absolute atomic E-state index is 12.4. The van der Waals surface area contributed by atoms with Gasteiger partial charge in [0, 0.05) is 23.3 Å². The Labute approximate surface area is 179 Å². The molecule has 2 amide bonds. The number of hydrogen-bond donors (Lipinski definition) is 2. The monoisotopic (exact) mass is 424 g/mol. The highest BCUT2D eigenvalue weighted by Crippen LogP contribution is 2.27. The van der Waals surface area contributed by atoms with Crippen LogP contribution >= 0.6 is 11.8 Å². The van der Waals surface area contributed by atoms with Gasteiger partial charge in [0.1, 0.15) is 0 Å². The third-order valence-corrected chi connectivity index (χ3v) is 5.50. The van der Waals surface area contributed by atoms with E-state index in [9.17, 15) is 9.59 Å². The first-order chi connectivity index (χ1) is 14.4. The predicted molar refractivity (Wildman–Crippen MR) is 117 cm³/mol. The Morgan fingerprint density at radius 2 is 1.87 bits per heavy atom. The normalized spacial score (nSPS) is 10.9. The van der Waals surface area contributed by atoms with E-state index in [2.05, 4.69) is 41.4 Å². The Bertz CT molecular complexity index is 1020. The molecule has 0 radical (unpaired) electrons. The minimum absolute atomic E-state index is 0.149. The van der Waals surface area contributed by atoms with Crippen LogP contribution < -0.4 is 11.1 Å². The summed E-state index contributed by atoms with van der Waals surface area (Å²) in [6, 6.07) is 15.3. The van der Waals surface area contributed by atoms with E-state index in [4.69, 9.17) is 10.3 Å². The fraction of sp³-hybridized carbons (Fsp3) is 0.273. The number of aryl methyl sites for hydroxylation is 1. The molecule has 0 saturated heterocycles. The van der Waals surface area contributed by atoms with Crippen LogP contribution in [0.15, 0.2) is 57.9 Å². The number of anilines is 1. The number of carbonyl (C=O) groups excluding carboxylic acids is 2. The quantitative estimate of drug-likeness (QED) is 0.502. The molecule has 0 aliphatic heterocycles. The summed E-state index contributed by atoms with van der Waals surface area (Å²) < 4.78 is 5.29. The van der Waals surface area contributed by atoms with Crippen LogP contribution in [0.1, 0.15) is 37.6 Å². The number of aromatic nitrogens is 2. The summed E-state index contributed by atoms with van der Waals surface area (Å²) in [6.07, 6.45) is 0.530. The van der Waals surface area contributed by atoms with Crippen molar-refractivity contribution in [2.24, 2.45) is 5.73 Å². The van der Waals surface area contributed by atoms with E-state index in [-0.39, 0.29) is 18.1 Å². The van der Waals surface area contributed by atoms with E-state index in [1.165, 1.54) is 17.3 Å². The van der Waals surface area contributed by atoms with Crippen molar-refractivity contribution < 1.29 is 14.1 Å². The molecule has 7 nitrogen and oxygen atoms in total. The molecule has 0 atom stereocenters. The average molecular weight is 425 g/mol. The summed E-state index contributed by atoms with van der Waals surface area (Å²) in [5.41, 5.74) is 7.96. The van der Waals surface area contributed by atoms with Gasteiger partial charge < -0.3 is 15.6 Å². The van der Waals surface area contributed by atoms with Gasteiger partial charge in [-0.15, -0.1) is 11.8 Å². The topological polar surface area (TPSA) is 111 Å². The third kappa shape index (κ3) is 5.93. The van der Waals surface area contributed by atoms with Gasteiger partial charge in [0.15, 0.2) is 0 Å². The standard InChI is InChI=1S/C22H24N4O3S/c1-14(2)15-7-9-16(10-8-15)22-25-21(29-26-22)12-11-20(28)24-17-5-3-4-6-18(17)30-13-19(23)27/h3-10,14H,11-13H2,1-2H3,(H2,23,27)(H,24,28). The molecule has 3 rings (SSSR count). The fourth-order valence-electron chi connectivity index (χ4n) is 2.77. The van der Waals surface area contributed by atoms with E-state index in [1.54, 1.807) is 6.07 Å². The van der Waals surface area contributed by atoms with Gasteiger partial charge in [-0.1, -0.05) is 55.4 Å². The average Bonchev–Trinajstić information content (AvgIpc) is 3.21. The highest BCUT2D eigenvalue weighted by molar-refractivity contribution is 8.00. The molecule has 1 heterocycles. The number of rotatable bonds is 9. The summed E-state index contributed by atoms with van der Waals surface area (Å²) in [6.45, 7) is 4.28. The summed E-state index contributed by atoms with van der Waals surface area (Å²) in [5, 5.41) is 6.87. The van der Waals surface area contributed by atoms with Crippen molar-refractivity contribution in [2.75, 3.05) is 11.1 Å². The number of benzene rings is 2. The van der Waals surface area contributed by atoms with Gasteiger partial charge in [0.25, 0.3) is 0 Å². The molecule has 3 N–H and O–H groups in total. The van der Waals surface area contributed by atoms with E-state index in [0.29, 0.717) is 29.7 Å². The molecule has 0 aliphatic carbocycles. The van der Waals surface area contributed by atoms with Crippen LogP contribution in [0, 0.1) is 0 Å². The van der Waals surface area contributed by atoms with Crippen LogP contribution in [0.25, 0.3) is 11.4 Å². The molecular weight excluding hydrogens is 400 g/mol. The Hall–Kier alpha value is -3.13. The van der Waals surface area contributed by atoms with Crippen LogP contribution in [-0.4, -0.2) is 27.7 Å². The van der Waals surface area contributed by atoms with Crippen LogP contribution in [0.5, 0.6) is 0 Å². The second-order valence-electron chi connectivity index (χ2n) is 7.09. The maximum Gasteiger partial charge on any atom is 0.227 e. The van der Waals surface area contributed by atoms with E-state index in [0.717, 1.165) is 10.5 Å². The Morgan fingerprint density at radius 3 is 2.57 bits per heavy atom. The smallest absolute Gasteiger partial charge is 0.227 e. The van der Waals surface area contributed by atoms with Gasteiger partial charge >= 0.3 is 0 Å². The first-order valence-corrected chi connectivity index (χ1v) is 10.6. The lowest BCUT2D eigenvalue weighted by Gasteiger charge is -2.09. The number of primary amides is 1. The highest BCUT2D eigenvalue weighted by atomic mass is 32.2. The Balaban J connectivity index is 1.56. The molecule has 0 spiro atoms. The SMILES string of the molecule is CC(C)c1ccc(-c2noc(CCC(=O)Nc3ccccc3SCC(N)=O)n2)cc1. The van der Waals surface area contributed by atoms with E-state index < -0.39 is 5.91 Å². The molecule has 156 valence electrons. The number of thioether (sulfide) groups is 1. The number of carbonyl (C=O) groups is 2. The van der Waals surface area contributed by atoms with Crippen LogP contribution in [0.3, 0.4) is 0 Å². The summed E-state index contributed by atoms with van der Waals surface area (Å²) >= 11 is 1.29. The number of nitrogens with two attached hydrogens (primary N) is 1. The van der Waals surface area contributed by atoms with E-state index in [1.807, 2.05) is 30.3 Å². The molecule has 8 heteroatoms. The van der Waals surface area contributed by atoms with Gasteiger partial charge in [0.2, 0.25) is 23.5 Å². The number of amides is 2. The van der Waals surface area contributed by atoms with Gasteiger partial charge in [-0.05, 0) is 23.6 Å². The Kier molecular flexibility index (Phi) is 7.24. The van der Waals surface area contributed by atoms with E-state index >= 15 is 0 Å². The van der Waals surface area contributed by atoms with Crippen molar-refractivity contribution in [1.29, 1.82) is 0 Å². The first-order valence-electron chi connectivity index (χ1n) is 9.65. The van der Waals surface area contributed by atoms with Crippen molar-refractivity contribution >= 4 is 29.3 Å². The molecular formula is C22H24N4O3S. The summed E-state index contributed by atoms with van der Waals surface area (Å²) in [4.78, 5) is 28.5. The highest BCUT2D eigenvalue weighted by Gasteiger charge is 2.13.